The van der Waals surface area contributed by atoms with E-state index in [1.807, 2.05) is 18.7 Å². The van der Waals surface area contributed by atoms with E-state index < -0.39 is 9.05 Å². The average molecular weight is 330 g/mol. The van der Waals surface area contributed by atoms with Crippen molar-refractivity contribution in [3.05, 3.63) is 29.3 Å². The maximum absolute atomic E-state index is 12.8. The van der Waals surface area contributed by atoms with Crippen LogP contribution in [0.1, 0.15) is 49.0 Å². The van der Waals surface area contributed by atoms with Crippen molar-refractivity contribution in [3.8, 4) is 0 Å². The Bertz CT molecular complexity index is 642. The number of hydrogen-bond donors (Lipinski definition) is 0. The third-order valence-electron chi connectivity index (χ3n) is 4.04. The molecule has 1 saturated heterocycles. The summed E-state index contributed by atoms with van der Waals surface area (Å²) in [6, 6.07) is 4.73. The molecule has 116 valence electrons. The maximum atomic E-state index is 12.8. The molecular weight excluding hydrogens is 310 g/mol. The monoisotopic (exact) mass is 329 g/mol. The van der Waals surface area contributed by atoms with Crippen LogP contribution in [-0.4, -0.2) is 31.8 Å². The van der Waals surface area contributed by atoms with Crippen molar-refractivity contribution >= 4 is 25.6 Å². The maximum Gasteiger partial charge on any atom is 0.261 e. The summed E-state index contributed by atoms with van der Waals surface area (Å²) in [4.78, 5) is 14.6. The fraction of sp³-hybridized carbons (Fsp3) is 0.533. The first-order chi connectivity index (χ1) is 9.84. The highest BCUT2D eigenvalue weighted by Crippen LogP contribution is 2.24. The van der Waals surface area contributed by atoms with Gasteiger partial charge in [0, 0.05) is 28.8 Å². The van der Waals surface area contributed by atoms with E-state index in [9.17, 15) is 13.2 Å². The first kappa shape index (κ1) is 16.3. The number of carbonyl (C=O) groups is 1. The first-order valence-electron chi connectivity index (χ1n) is 7.23. The molecule has 0 bridgehead atoms. The van der Waals surface area contributed by atoms with E-state index in [2.05, 4.69) is 0 Å². The van der Waals surface area contributed by atoms with Gasteiger partial charge in [-0.15, -0.1) is 0 Å². The molecule has 21 heavy (non-hydrogen) atoms. The second-order valence-electron chi connectivity index (χ2n) is 5.45. The second kappa shape index (κ2) is 6.36. The van der Waals surface area contributed by atoms with Crippen LogP contribution >= 0.6 is 10.7 Å². The molecule has 1 amide bonds. The summed E-state index contributed by atoms with van der Waals surface area (Å²) in [5.41, 5.74) is 1.30. The van der Waals surface area contributed by atoms with Gasteiger partial charge in [-0.3, -0.25) is 4.79 Å². The third-order valence-corrected chi connectivity index (χ3v) is 5.39. The largest absolute Gasteiger partial charge is 0.336 e. The standard InChI is InChI=1S/C15H20ClNO3S/c1-3-12-7-8-13(21(16,19)20)10-14(12)15(18)17-9-5-4-6-11(17)2/h7-8,10-11H,3-6,9H2,1-2H3. The Kier molecular flexibility index (Phi) is 4.94. The van der Waals surface area contributed by atoms with Gasteiger partial charge >= 0.3 is 0 Å². The molecule has 0 radical (unpaired) electrons. The quantitative estimate of drug-likeness (QED) is 0.800. The van der Waals surface area contributed by atoms with Gasteiger partial charge in [0.1, 0.15) is 0 Å². The highest BCUT2D eigenvalue weighted by molar-refractivity contribution is 8.13. The molecule has 1 fully saturated rings. The summed E-state index contributed by atoms with van der Waals surface area (Å²) in [6.45, 7) is 4.70. The summed E-state index contributed by atoms with van der Waals surface area (Å²) in [5.74, 6) is -0.0961. The van der Waals surface area contributed by atoms with Crippen LogP contribution in [0.5, 0.6) is 0 Å². The number of aryl methyl sites for hydroxylation is 1. The summed E-state index contributed by atoms with van der Waals surface area (Å²) in [7, 11) is 1.57. The Labute approximate surface area is 130 Å². The molecule has 0 N–H and O–H groups in total. The van der Waals surface area contributed by atoms with Gasteiger partial charge in [0.25, 0.3) is 15.0 Å². The van der Waals surface area contributed by atoms with E-state index >= 15 is 0 Å². The van der Waals surface area contributed by atoms with Crippen molar-refractivity contribution in [2.24, 2.45) is 0 Å². The Hall–Kier alpha value is -1.07. The van der Waals surface area contributed by atoms with Crippen LogP contribution in [0.4, 0.5) is 0 Å². The van der Waals surface area contributed by atoms with Crippen molar-refractivity contribution in [1.29, 1.82) is 0 Å². The predicted octanol–water partition coefficient (Wildman–Crippen LogP) is 3.19. The molecule has 2 rings (SSSR count). The molecule has 1 aliphatic heterocycles. The van der Waals surface area contributed by atoms with Crippen molar-refractivity contribution in [3.63, 3.8) is 0 Å². The molecule has 1 aliphatic rings. The highest BCUT2D eigenvalue weighted by atomic mass is 35.7. The van der Waals surface area contributed by atoms with Crippen LogP contribution in [0.15, 0.2) is 23.1 Å². The molecular formula is C15H20ClNO3S. The van der Waals surface area contributed by atoms with Crippen molar-refractivity contribution in [2.45, 2.75) is 50.5 Å². The van der Waals surface area contributed by atoms with Crippen molar-refractivity contribution < 1.29 is 13.2 Å². The summed E-state index contributed by atoms with van der Waals surface area (Å²) in [5, 5.41) is 0. The molecule has 1 aromatic rings. The number of benzene rings is 1. The van der Waals surface area contributed by atoms with E-state index in [-0.39, 0.29) is 16.8 Å². The number of nitrogens with zero attached hydrogens (tertiary/aromatic N) is 1. The van der Waals surface area contributed by atoms with Crippen molar-refractivity contribution in [2.75, 3.05) is 6.54 Å². The third kappa shape index (κ3) is 3.58. The van der Waals surface area contributed by atoms with E-state index in [0.29, 0.717) is 12.0 Å². The highest BCUT2D eigenvalue weighted by Gasteiger charge is 2.26. The average Bonchev–Trinajstić information content (AvgIpc) is 2.45. The zero-order valence-corrected chi connectivity index (χ0v) is 13.9. The Morgan fingerprint density at radius 3 is 2.67 bits per heavy atom. The number of piperidine rings is 1. The Morgan fingerprint density at radius 2 is 2.10 bits per heavy atom. The fourth-order valence-corrected chi connectivity index (χ4v) is 3.55. The lowest BCUT2D eigenvalue weighted by atomic mass is 9.99. The van der Waals surface area contributed by atoms with E-state index in [1.165, 1.54) is 12.1 Å². The van der Waals surface area contributed by atoms with Gasteiger partial charge in [-0.25, -0.2) is 8.42 Å². The van der Waals surface area contributed by atoms with Gasteiger partial charge < -0.3 is 4.90 Å². The number of likely N-dealkylation sites (tertiary alicyclic amines) is 1. The topological polar surface area (TPSA) is 54.5 Å². The van der Waals surface area contributed by atoms with Gasteiger partial charge in [-0.1, -0.05) is 13.0 Å². The lowest BCUT2D eigenvalue weighted by molar-refractivity contribution is 0.0634. The molecule has 1 heterocycles. The van der Waals surface area contributed by atoms with E-state index in [4.69, 9.17) is 10.7 Å². The summed E-state index contributed by atoms with van der Waals surface area (Å²) >= 11 is 0. The predicted molar refractivity (Wildman–Crippen MR) is 83.2 cm³/mol. The van der Waals surface area contributed by atoms with Crippen LogP contribution in [0.3, 0.4) is 0 Å². The normalized spacial score (nSPS) is 19.6. The van der Waals surface area contributed by atoms with E-state index in [0.717, 1.165) is 31.4 Å². The van der Waals surface area contributed by atoms with Gasteiger partial charge in [0.05, 0.1) is 4.90 Å². The minimum Gasteiger partial charge on any atom is -0.336 e. The van der Waals surface area contributed by atoms with Crippen LogP contribution in [0.25, 0.3) is 0 Å². The molecule has 1 atom stereocenters. The molecule has 1 aromatic carbocycles. The van der Waals surface area contributed by atoms with Crippen LogP contribution in [-0.2, 0) is 15.5 Å². The molecule has 0 spiro atoms. The number of hydrogen-bond acceptors (Lipinski definition) is 3. The summed E-state index contributed by atoms with van der Waals surface area (Å²) < 4.78 is 23.0. The SMILES string of the molecule is CCc1ccc(S(=O)(=O)Cl)cc1C(=O)N1CCCCC1C. The zero-order valence-electron chi connectivity index (χ0n) is 12.3. The Balaban J connectivity index is 2.43. The van der Waals surface area contributed by atoms with Crippen molar-refractivity contribution in [1.82, 2.24) is 4.90 Å². The minimum atomic E-state index is -3.83. The smallest absolute Gasteiger partial charge is 0.261 e. The second-order valence-corrected chi connectivity index (χ2v) is 8.02. The van der Waals surface area contributed by atoms with E-state index in [1.54, 1.807) is 6.07 Å². The lowest BCUT2D eigenvalue weighted by Gasteiger charge is -2.34. The molecule has 4 nitrogen and oxygen atoms in total. The zero-order chi connectivity index (χ0) is 15.6. The Morgan fingerprint density at radius 1 is 1.38 bits per heavy atom. The molecule has 0 aromatic heterocycles. The summed E-state index contributed by atoms with van der Waals surface area (Å²) in [6.07, 6.45) is 3.78. The first-order valence-corrected chi connectivity index (χ1v) is 9.54. The number of rotatable bonds is 3. The number of amides is 1. The molecule has 0 saturated carbocycles. The number of halogens is 1. The molecule has 0 aliphatic carbocycles. The van der Waals surface area contributed by atoms with Gasteiger partial charge in [0.2, 0.25) is 0 Å². The van der Waals surface area contributed by atoms with Gasteiger partial charge in [-0.2, -0.15) is 0 Å². The van der Waals surface area contributed by atoms with Crippen LogP contribution in [0.2, 0.25) is 0 Å². The number of carbonyl (C=O) groups excluding carboxylic acids is 1. The lowest BCUT2D eigenvalue weighted by Crippen LogP contribution is -2.42. The fourth-order valence-electron chi connectivity index (χ4n) is 2.77. The minimum absolute atomic E-state index is 0.0191. The molecule has 6 heteroatoms. The van der Waals surface area contributed by atoms with Gasteiger partial charge in [-0.05, 0) is 50.3 Å². The van der Waals surface area contributed by atoms with Crippen LogP contribution in [0, 0.1) is 0 Å². The van der Waals surface area contributed by atoms with Crippen LogP contribution < -0.4 is 0 Å². The van der Waals surface area contributed by atoms with Gasteiger partial charge in [0.15, 0.2) is 0 Å². The molecule has 1 unspecified atom stereocenters.